The van der Waals surface area contributed by atoms with Gasteiger partial charge >= 0.3 is 0 Å². The summed E-state index contributed by atoms with van der Waals surface area (Å²) in [5.41, 5.74) is 2.28. The van der Waals surface area contributed by atoms with Crippen molar-refractivity contribution in [3.05, 3.63) is 39.8 Å². The molecule has 0 fully saturated rings. The van der Waals surface area contributed by atoms with Crippen molar-refractivity contribution in [2.45, 2.75) is 38.1 Å². The number of hydrogen-bond acceptors (Lipinski definition) is 4. The van der Waals surface area contributed by atoms with Gasteiger partial charge in [0.1, 0.15) is 23.1 Å². The van der Waals surface area contributed by atoms with Crippen molar-refractivity contribution >= 4 is 27.3 Å². The molecule has 1 aromatic carbocycles. The summed E-state index contributed by atoms with van der Waals surface area (Å²) in [4.78, 5) is 4.65. The molecule has 21 heavy (non-hydrogen) atoms. The first-order chi connectivity index (χ1) is 9.94. The van der Waals surface area contributed by atoms with E-state index in [2.05, 4.69) is 47.1 Å². The maximum Gasteiger partial charge on any atom is 0.140 e. The van der Waals surface area contributed by atoms with Crippen LogP contribution >= 0.6 is 27.3 Å². The molecule has 0 saturated heterocycles. The normalized spacial score (nSPS) is 11.5. The lowest BCUT2D eigenvalue weighted by molar-refractivity contribution is 0.300. The van der Waals surface area contributed by atoms with Crippen molar-refractivity contribution in [1.82, 2.24) is 4.98 Å². The van der Waals surface area contributed by atoms with Crippen LogP contribution in [0.15, 0.2) is 23.6 Å². The Bertz CT molecular complexity index is 605. The minimum Gasteiger partial charge on any atom is -0.497 e. The van der Waals surface area contributed by atoms with E-state index in [1.165, 1.54) is 0 Å². The Hall–Kier alpha value is -1.07. The molecule has 0 bridgehead atoms. The number of methoxy groups -OCH3 is 1. The highest BCUT2D eigenvalue weighted by molar-refractivity contribution is 9.08. The maximum atomic E-state index is 5.92. The second kappa shape index (κ2) is 6.79. The van der Waals surface area contributed by atoms with Crippen LogP contribution in [-0.2, 0) is 17.4 Å². The summed E-state index contributed by atoms with van der Waals surface area (Å²) in [7, 11) is 1.66. The summed E-state index contributed by atoms with van der Waals surface area (Å²) in [6.07, 6.45) is 0. The number of benzene rings is 1. The zero-order chi connectivity index (χ0) is 15.5. The molecule has 5 heteroatoms. The maximum absolute atomic E-state index is 5.92. The van der Waals surface area contributed by atoms with Crippen LogP contribution in [0.5, 0.6) is 11.5 Å². The van der Waals surface area contributed by atoms with Gasteiger partial charge in [0.25, 0.3) is 0 Å². The van der Waals surface area contributed by atoms with E-state index in [0.717, 1.165) is 33.1 Å². The van der Waals surface area contributed by atoms with Gasteiger partial charge in [-0.1, -0.05) is 42.8 Å². The Labute approximate surface area is 138 Å². The molecule has 1 heterocycles. The zero-order valence-corrected chi connectivity index (χ0v) is 15.2. The molecule has 0 radical (unpaired) electrons. The van der Waals surface area contributed by atoms with Crippen LogP contribution < -0.4 is 9.47 Å². The third kappa shape index (κ3) is 4.20. The first-order valence-corrected chi connectivity index (χ1v) is 8.74. The molecule has 0 atom stereocenters. The summed E-state index contributed by atoms with van der Waals surface area (Å²) in [6.45, 7) is 6.97. The van der Waals surface area contributed by atoms with Gasteiger partial charge in [-0.25, -0.2) is 4.98 Å². The van der Waals surface area contributed by atoms with Gasteiger partial charge < -0.3 is 9.47 Å². The van der Waals surface area contributed by atoms with E-state index < -0.39 is 0 Å². The van der Waals surface area contributed by atoms with Crippen molar-refractivity contribution < 1.29 is 9.47 Å². The molecule has 0 spiro atoms. The Kier molecular flexibility index (Phi) is 5.27. The van der Waals surface area contributed by atoms with Crippen LogP contribution in [0.4, 0.5) is 0 Å². The Morgan fingerprint density at radius 1 is 1.29 bits per heavy atom. The molecular formula is C16H20BrNO2S. The molecule has 0 unspecified atom stereocenters. The SMILES string of the molecule is COc1ccc(CBr)c(OCc2nc(C(C)(C)C)cs2)c1. The number of halogens is 1. The lowest BCUT2D eigenvalue weighted by Gasteiger charge is -2.14. The molecule has 114 valence electrons. The van der Waals surface area contributed by atoms with Gasteiger partial charge in [-0.05, 0) is 6.07 Å². The van der Waals surface area contributed by atoms with Crippen molar-refractivity contribution in [2.75, 3.05) is 7.11 Å². The van der Waals surface area contributed by atoms with E-state index in [9.17, 15) is 0 Å². The lowest BCUT2D eigenvalue weighted by atomic mass is 9.93. The fourth-order valence-corrected chi connectivity index (χ4v) is 3.16. The Morgan fingerprint density at radius 2 is 2.05 bits per heavy atom. The topological polar surface area (TPSA) is 31.4 Å². The van der Waals surface area contributed by atoms with Gasteiger partial charge in [0.05, 0.1) is 12.8 Å². The highest BCUT2D eigenvalue weighted by Gasteiger charge is 2.17. The van der Waals surface area contributed by atoms with E-state index in [4.69, 9.17) is 9.47 Å². The summed E-state index contributed by atoms with van der Waals surface area (Å²) >= 11 is 5.12. The van der Waals surface area contributed by atoms with Gasteiger partial charge in [-0.3, -0.25) is 0 Å². The third-order valence-electron chi connectivity index (χ3n) is 3.09. The van der Waals surface area contributed by atoms with Crippen molar-refractivity contribution in [2.24, 2.45) is 0 Å². The summed E-state index contributed by atoms with van der Waals surface area (Å²) in [5, 5.41) is 3.84. The van der Waals surface area contributed by atoms with E-state index in [1.807, 2.05) is 18.2 Å². The number of thiazole rings is 1. The Balaban J connectivity index is 2.10. The highest BCUT2D eigenvalue weighted by atomic mass is 79.9. The van der Waals surface area contributed by atoms with Crippen LogP contribution in [0, 0.1) is 0 Å². The summed E-state index contributed by atoms with van der Waals surface area (Å²) in [6, 6.07) is 5.85. The average Bonchev–Trinajstić information content (AvgIpc) is 2.93. The molecule has 1 aromatic heterocycles. The second-order valence-electron chi connectivity index (χ2n) is 5.77. The van der Waals surface area contributed by atoms with Gasteiger partial charge in [0, 0.05) is 27.8 Å². The number of alkyl halides is 1. The number of nitrogens with zero attached hydrogens (tertiary/aromatic N) is 1. The van der Waals surface area contributed by atoms with Crippen LogP contribution in [0.2, 0.25) is 0 Å². The Morgan fingerprint density at radius 3 is 2.62 bits per heavy atom. The molecule has 0 aliphatic heterocycles. The molecule has 2 rings (SSSR count). The van der Waals surface area contributed by atoms with Crippen molar-refractivity contribution in [1.29, 1.82) is 0 Å². The van der Waals surface area contributed by atoms with Crippen molar-refractivity contribution in [3.63, 3.8) is 0 Å². The average molecular weight is 370 g/mol. The van der Waals surface area contributed by atoms with Gasteiger partial charge in [0.2, 0.25) is 0 Å². The lowest BCUT2D eigenvalue weighted by Crippen LogP contribution is -2.11. The summed E-state index contributed by atoms with van der Waals surface area (Å²) < 4.78 is 11.2. The van der Waals surface area contributed by atoms with Crippen molar-refractivity contribution in [3.8, 4) is 11.5 Å². The predicted molar refractivity (Wildman–Crippen MR) is 90.8 cm³/mol. The quantitative estimate of drug-likeness (QED) is 0.700. The van der Waals surface area contributed by atoms with Crippen LogP contribution in [0.3, 0.4) is 0 Å². The minimum absolute atomic E-state index is 0.0751. The first-order valence-electron chi connectivity index (χ1n) is 6.74. The third-order valence-corrected chi connectivity index (χ3v) is 4.52. The fraction of sp³-hybridized carbons (Fsp3) is 0.438. The number of aromatic nitrogens is 1. The molecule has 3 nitrogen and oxygen atoms in total. The van der Waals surface area contributed by atoms with Crippen LogP contribution in [0.25, 0.3) is 0 Å². The van der Waals surface area contributed by atoms with Gasteiger partial charge in [0.15, 0.2) is 0 Å². The van der Waals surface area contributed by atoms with E-state index in [0.29, 0.717) is 6.61 Å². The predicted octanol–water partition coefficient (Wildman–Crippen LogP) is 4.92. The smallest absolute Gasteiger partial charge is 0.140 e. The highest BCUT2D eigenvalue weighted by Crippen LogP contribution is 2.29. The second-order valence-corrected chi connectivity index (χ2v) is 7.28. The molecular weight excluding hydrogens is 350 g/mol. The van der Waals surface area contributed by atoms with Crippen LogP contribution in [0.1, 0.15) is 37.0 Å². The van der Waals surface area contributed by atoms with Crippen LogP contribution in [-0.4, -0.2) is 12.1 Å². The number of rotatable bonds is 5. The number of hydrogen-bond donors (Lipinski definition) is 0. The molecule has 0 N–H and O–H groups in total. The molecule has 0 aliphatic rings. The molecule has 0 aliphatic carbocycles. The molecule has 2 aromatic rings. The molecule has 0 saturated carbocycles. The monoisotopic (exact) mass is 369 g/mol. The van der Waals surface area contributed by atoms with E-state index >= 15 is 0 Å². The van der Waals surface area contributed by atoms with Gasteiger partial charge in [-0.2, -0.15) is 0 Å². The standard InChI is InChI=1S/C16H20BrNO2S/c1-16(2,3)14-10-21-15(18-14)9-20-13-7-12(19-4)6-5-11(13)8-17/h5-7,10H,8-9H2,1-4H3. The van der Waals surface area contributed by atoms with E-state index in [1.54, 1.807) is 18.4 Å². The minimum atomic E-state index is 0.0751. The number of ether oxygens (including phenoxy) is 2. The first kappa shape index (κ1) is 16.3. The summed E-state index contributed by atoms with van der Waals surface area (Å²) in [5.74, 6) is 1.63. The molecule has 0 amide bonds. The van der Waals surface area contributed by atoms with E-state index in [-0.39, 0.29) is 5.41 Å². The largest absolute Gasteiger partial charge is 0.497 e. The fourth-order valence-electron chi connectivity index (χ4n) is 1.77. The zero-order valence-electron chi connectivity index (χ0n) is 12.8. The van der Waals surface area contributed by atoms with Gasteiger partial charge in [-0.15, -0.1) is 11.3 Å².